The molecule has 0 aliphatic heterocycles. The molecule has 0 radical (unpaired) electrons. The van der Waals surface area contributed by atoms with Crippen LogP contribution < -0.4 is 5.32 Å². The zero-order valence-corrected chi connectivity index (χ0v) is 14.9. The number of rotatable bonds is 8. The third-order valence-corrected chi connectivity index (χ3v) is 5.66. The lowest BCUT2D eigenvalue weighted by Gasteiger charge is -2.25. The summed E-state index contributed by atoms with van der Waals surface area (Å²) in [7, 11) is 0. The summed E-state index contributed by atoms with van der Waals surface area (Å²) >= 11 is 8.28. The summed E-state index contributed by atoms with van der Waals surface area (Å²) in [6, 6.07) is 8.37. The normalized spacial score (nSPS) is 12.2. The molecule has 0 saturated heterocycles. The topological polar surface area (TPSA) is 12.0 Å². The summed E-state index contributed by atoms with van der Waals surface area (Å²) in [4.78, 5) is 1.25. The molecule has 3 heteroatoms. The molecule has 21 heavy (non-hydrogen) atoms. The standard InChI is InChI=1S/C18H26ClNS/c1-4-5-8-11-18(2,3)13-20-12-16-17(19)14-9-6-7-10-15(14)21-16/h6-7,9-10,20H,4-5,8,11-13H2,1-3H3. The van der Waals surface area contributed by atoms with Gasteiger partial charge in [0.15, 0.2) is 0 Å². The van der Waals surface area contributed by atoms with E-state index < -0.39 is 0 Å². The van der Waals surface area contributed by atoms with Crippen LogP contribution in [0.4, 0.5) is 0 Å². The van der Waals surface area contributed by atoms with E-state index in [1.165, 1.54) is 40.6 Å². The van der Waals surface area contributed by atoms with Gasteiger partial charge in [-0.2, -0.15) is 0 Å². The quantitative estimate of drug-likeness (QED) is 0.566. The van der Waals surface area contributed by atoms with Gasteiger partial charge in [-0.1, -0.05) is 69.8 Å². The van der Waals surface area contributed by atoms with E-state index in [0.29, 0.717) is 5.41 Å². The number of benzene rings is 1. The number of hydrogen-bond donors (Lipinski definition) is 1. The third-order valence-electron chi connectivity index (χ3n) is 3.95. The van der Waals surface area contributed by atoms with Gasteiger partial charge in [-0.25, -0.2) is 0 Å². The molecule has 2 aromatic rings. The maximum absolute atomic E-state index is 6.48. The molecule has 0 fully saturated rings. The van der Waals surface area contributed by atoms with Gasteiger partial charge in [0.05, 0.1) is 5.02 Å². The van der Waals surface area contributed by atoms with Crippen LogP contribution in [0.15, 0.2) is 24.3 Å². The van der Waals surface area contributed by atoms with Crippen LogP contribution in [0.25, 0.3) is 10.1 Å². The van der Waals surface area contributed by atoms with Crippen molar-refractivity contribution in [2.24, 2.45) is 5.41 Å². The van der Waals surface area contributed by atoms with Crippen LogP contribution in [0.5, 0.6) is 0 Å². The van der Waals surface area contributed by atoms with E-state index in [2.05, 4.69) is 50.4 Å². The minimum absolute atomic E-state index is 0.359. The van der Waals surface area contributed by atoms with Crippen molar-refractivity contribution < 1.29 is 0 Å². The number of halogens is 1. The van der Waals surface area contributed by atoms with E-state index in [-0.39, 0.29) is 0 Å². The summed E-state index contributed by atoms with van der Waals surface area (Å²) in [5.74, 6) is 0. The van der Waals surface area contributed by atoms with Crippen LogP contribution in [0, 0.1) is 5.41 Å². The van der Waals surface area contributed by atoms with E-state index in [1.54, 1.807) is 11.3 Å². The Balaban J connectivity index is 1.88. The van der Waals surface area contributed by atoms with Gasteiger partial charge >= 0.3 is 0 Å². The summed E-state index contributed by atoms with van der Waals surface area (Å²) < 4.78 is 1.28. The molecule has 0 spiro atoms. The molecule has 1 N–H and O–H groups in total. The van der Waals surface area contributed by atoms with Crippen LogP contribution in [-0.4, -0.2) is 6.54 Å². The first kappa shape index (κ1) is 16.8. The van der Waals surface area contributed by atoms with E-state index in [4.69, 9.17) is 11.6 Å². The maximum atomic E-state index is 6.48. The van der Waals surface area contributed by atoms with Gasteiger partial charge in [0, 0.05) is 28.1 Å². The highest BCUT2D eigenvalue weighted by Gasteiger charge is 2.17. The summed E-state index contributed by atoms with van der Waals surface area (Å²) in [6.45, 7) is 8.87. The molecule has 1 aromatic heterocycles. The minimum atomic E-state index is 0.359. The highest BCUT2D eigenvalue weighted by molar-refractivity contribution is 7.19. The van der Waals surface area contributed by atoms with Gasteiger partial charge in [0.25, 0.3) is 0 Å². The Hall–Kier alpha value is -0.570. The molecule has 1 aromatic carbocycles. The number of nitrogens with one attached hydrogen (secondary N) is 1. The summed E-state index contributed by atoms with van der Waals surface area (Å²) in [5.41, 5.74) is 0.359. The largest absolute Gasteiger partial charge is 0.311 e. The van der Waals surface area contributed by atoms with Crippen LogP contribution in [0.3, 0.4) is 0 Å². The Kier molecular flexibility index (Phi) is 6.09. The van der Waals surface area contributed by atoms with Gasteiger partial charge in [0.2, 0.25) is 0 Å². The molecule has 0 atom stereocenters. The second-order valence-electron chi connectivity index (χ2n) is 6.56. The van der Waals surface area contributed by atoms with E-state index in [0.717, 1.165) is 18.1 Å². The van der Waals surface area contributed by atoms with E-state index in [1.807, 2.05) is 0 Å². The molecule has 0 bridgehead atoms. The highest BCUT2D eigenvalue weighted by Crippen LogP contribution is 2.35. The van der Waals surface area contributed by atoms with E-state index in [9.17, 15) is 0 Å². The Morgan fingerprint density at radius 3 is 2.67 bits per heavy atom. The molecular formula is C18H26ClNS. The van der Waals surface area contributed by atoms with Crippen molar-refractivity contribution in [1.29, 1.82) is 0 Å². The first-order valence-corrected chi connectivity index (χ1v) is 9.09. The predicted molar refractivity (Wildman–Crippen MR) is 96.5 cm³/mol. The Morgan fingerprint density at radius 1 is 1.19 bits per heavy atom. The van der Waals surface area contributed by atoms with Gasteiger partial charge < -0.3 is 5.32 Å². The van der Waals surface area contributed by atoms with Gasteiger partial charge in [0.1, 0.15) is 0 Å². The summed E-state index contributed by atoms with van der Waals surface area (Å²) in [6.07, 6.45) is 5.25. The van der Waals surface area contributed by atoms with Crippen molar-refractivity contribution in [3.8, 4) is 0 Å². The average Bonchev–Trinajstić information content (AvgIpc) is 2.76. The third kappa shape index (κ3) is 4.70. The lowest BCUT2D eigenvalue weighted by molar-refractivity contribution is 0.302. The SMILES string of the molecule is CCCCCC(C)(C)CNCc1sc2ccccc2c1Cl. The van der Waals surface area contributed by atoms with Crippen LogP contribution >= 0.6 is 22.9 Å². The van der Waals surface area contributed by atoms with Crippen molar-refractivity contribution >= 4 is 33.0 Å². The lowest BCUT2D eigenvalue weighted by atomic mass is 9.87. The first-order valence-electron chi connectivity index (χ1n) is 7.90. The molecule has 0 aliphatic rings. The minimum Gasteiger partial charge on any atom is -0.311 e. The number of hydrogen-bond acceptors (Lipinski definition) is 2. The molecule has 0 saturated carbocycles. The van der Waals surface area contributed by atoms with Crippen molar-refractivity contribution in [3.05, 3.63) is 34.2 Å². The van der Waals surface area contributed by atoms with E-state index >= 15 is 0 Å². The monoisotopic (exact) mass is 323 g/mol. The lowest BCUT2D eigenvalue weighted by Crippen LogP contribution is -2.28. The second-order valence-corrected chi connectivity index (χ2v) is 8.07. The highest BCUT2D eigenvalue weighted by atomic mass is 35.5. The number of thiophene rings is 1. The van der Waals surface area contributed by atoms with Crippen LogP contribution in [0.2, 0.25) is 5.02 Å². The Morgan fingerprint density at radius 2 is 1.95 bits per heavy atom. The molecule has 1 nitrogen and oxygen atoms in total. The second kappa shape index (κ2) is 7.62. The van der Waals surface area contributed by atoms with Gasteiger partial charge in [-0.15, -0.1) is 11.3 Å². The Labute approximate surface area is 137 Å². The molecule has 2 rings (SSSR count). The van der Waals surface area contributed by atoms with Gasteiger partial charge in [-0.3, -0.25) is 0 Å². The van der Waals surface area contributed by atoms with Crippen molar-refractivity contribution in [2.75, 3.05) is 6.54 Å². The van der Waals surface area contributed by atoms with Gasteiger partial charge in [-0.05, 0) is 17.9 Å². The molecular weight excluding hydrogens is 298 g/mol. The molecule has 0 amide bonds. The zero-order chi connectivity index (χ0) is 15.3. The molecule has 0 aliphatic carbocycles. The molecule has 1 heterocycles. The zero-order valence-electron chi connectivity index (χ0n) is 13.3. The van der Waals surface area contributed by atoms with Crippen LogP contribution in [0.1, 0.15) is 51.3 Å². The van der Waals surface area contributed by atoms with Crippen LogP contribution in [-0.2, 0) is 6.54 Å². The number of fused-ring (bicyclic) bond motifs is 1. The van der Waals surface area contributed by atoms with Crippen molar-refractivity contribution in [2.45, 2.75) is 53.0 Å². The van der Waals surface area contributed by atoms with Crippen molar-refractivity contribution in [3.63, 3.8) is 0 Å². The average molecular weight is 324 g/mol. The summed E-state index contributed by atoms with van der Waals surface area (Å²) in [5, 5.41) is 5.70. The maximum Gasteiger partial charge on any atom is 0.0636 e. The fourth-order valence-electron chi connectivity index (χ4n) is 2.63. The van der Waals surface area contributed by atoms with Crippen molar-refractivity contribution in [1.82, 2.24) is 5.32 Å². The number of unbranched alkanes of at least 4 members (excludes halogenated alkanes) is 2. The predicted octanol–water partition coefficient (Wildman–Crippen LogP) is 6.25. The fourth-order valence-corrected chi connectivity index (χ4v) is 4.10. The smallest absolute Gasteiger partial charge is 0.0636 e. The fraction of sp³-hybridized carbons (Fsp3) is 0.556. The molecule has 0 unspecified atom stereocenters. The first-order chi connectivity index (χ1) is 10.0. The Bertz CT molecular complexity index is 574. The molecule has 116 valence electrons.